The number of carbonyl (C=O) groups is 1. The molecule has 6 heteroatoms. The molecule has 1 amide bonds. The van der Waals surface area contributed by atoms with Crippen molar-refractivity contribution in [3.8, 4) is 0 Å². The Hall–Kier alpha value is -1.56. The quantitative estimate of drug-likeness (QED) is 0.855. The molecule has 106 valence electrons. The molecule has 1 aliphatic heterocycles. The van der Waals surface area contributed by atoms with Crippen molar-refractivity contribution in [3.63, 3.8) is 0 Å². The van der Waals surface area contributed by atoms with Crippen molar-refractivity contribution < 1.29 is 4.79 Å². The van der Waals surface area contributed by atoms with Gasteiger partial charge in [0.1, 0.15) is 5.82 Å². The second kappa shape index (κ2) is 6.06. The number of hydrogen-bond acceptors (Lipinski definition) is 4. The predicted molar refractivity (Wildman–Crippen MR) is 75.0 cm³/mol. The van der Waals surface area contributed by atoms with Crippen LogP contribution in [0.5, 0.6) is 0 Å². The van der Waals surface area contributed by atoms with Crippen LogP contribution in [0, 0.1) is 0 Å². The Morgan fingerprint density at radius 1 is 1.47 bits per heavy atom. The zero-order valence-corrected chi connectivity index (χ0v) is 12.0. The Bertz CT molecular complexity index is 420. The van der Waals surface area contributed by atoms with Crippen LogP contribution in [0.15, 0.2) is 12.3 Å². The maximum absolute atomic E-state index is 11.6. The number of likely N-dealkylation sites (N-methyl/N-ethyl adjacent to an activating group) is 1. The molecule has 19 heavy (non-hydrogen) atoms. The largest absolute Gasteiger partial charge is 0.366 e. The molecule has 0 radical (unpaired) electrons. The molecule has 6 nitrogen and oxygen atoms in total. The van der Waals surface area contributed by atoms with Crippen molar-refractivity contribution in [2.75, 3.05) is 39.0 Å². The fourth-order valence-corrected chi connectivity index (χ4v) is 2.27. The van der Waals surface area contributed by atoms with Gasteiger partial charge in [0, 0.05) is 52.5 Å². The summed E-state index contributed by atoms with van der Waals surface area (Å²) in [4.78, 5) is 15.5. The Balaban J connectivity index is 1.75. The average molecular weight is 265 g/mol. The van der Waals surface area contributed by atoms with E-state index in [4.69, 9.17) is 0 Å². The van der Waals surface area contributed by atoms with Crippen molar-refractivity contribution in [2.45, 2.75) is 18.9 Å². The van der Waals surface area contributed by atoms with E-state index in [1.165, 1.54) is 0 Å². The molecule has 2 heterocycles. The van der Waals surface area contributed by atoms with E-state index in [1.54, 1.807) is 23.7 Å². The molecule has 0 bridgehead atoms. The number of anilines is 1. The number of piperidine rings is 1. The Morgan fingerprint density at radius 2 is 2.16 bits per heavy atom. The van der Waals surface area contributed by atoms with E-state index in [-0.39, 0.29) is 5.91 Å². The number of nitrogens with zero attached hydrogens (tertiary/aromatic N) is 4. The van der Waals surface area contributed by atoms with Gasteiger partial charge in [-0.2, -0.15) is 5.10 Å². The molecule has 0 aliphatic carbocycles. The van der Waals surface area contributed by atoms with Crippen molar-refractivity contribution in [2.24, 2.45) is 7.05 Å². The van der Waals surface area contributed by atoms with Crippen molar-refractivity contribution in [1.29, 1.82) is 0 Å². The number of amides is 1. The monoisotopic (exact) mass is 265 g/mol. The molecule has 1 aromatic heterocycles. The molecule has 1 aliphatic rings. The number of nitrogens with one attached hydrogen (secondary N) is 1. The van der Waals surface area contributed by atoms with Crippen LogP contribution in [0.4, 0.5) is 5.82 Å². The lowest BCUT2D eigenvalue weighted by atomic mass is 10.1. The molecule has 0 unspecified atom stereocenters. The summed E-state index contributed by atoms with van der Waals surface area (Å²) in [5.74, 6) is 1.11. The smallest absolute Gasteiger partial charge is 0.236 e. The Morgan fingerprint density at radius 3 is 2.68 bits per heavy atom. The SMILES string of the molecule is CN(C)C(=O)CN1CCC(Nc2ccn(C)n2)CC1. The van der Waals surface area contributed by atoms with Crippen LogP contribution in [0.25, 0.3) is 0 Å². The third-order valence-electron chi connectivity index (χ3n) is 3.51. The highest BCUT2D eigenvalue weighted by atomic mass is 16.2. The average Bonchev–Trinajstić information content (AvgIpc) is 2.77. The van der Waals surface area contributed by atoms with Crippen LogP contribution >= 0.6 is 0 Å². The highest BCUT2D eigenvalue weighted by Crippen LogP contribution is 2.15. The first-order valence-corrected chi connectivity index (χ1v) is 6.73. The number of aromatic nitrogens is 2. The summed E-state index contributed by atoms with van der Waals surface area (Å²) in [6, 6.07) is 2.45. The summed E-state index contributed by atoms with van der Waals surface area (Å²) in [5, 5.41) is 7.77. The molecule has 1 N–H and O–H groups in total. The van der Waals surface area contributed by atoms with Crippen LogP contribution < -0.4 is 5.32 Å². The van der Waals surface area contributed by atoms with Gasteiger partial charge in [0.2, 0.25) is 5.91 Å². The second-order valence-electron chi connectivity index (χ2n) is 5.36. The number of hydrogen-bond donors (Lipinski definition) is 1. The van der Waals surface area contributed by atoms with Crippen LogP contribution in [-0.4, -0.2) is 65.3 Å². The van der Waals surface area contributed by atoms with E-state index in [0.29, 0.717) is 12.6 Å². The molecular formula is C13H23N5O. The lowest BCUT2D eigenvalue weighted by Crippen LogP contribution is -2.43. The molecule has 2 rings (SSSR count). The third-order valence-corrected chi connectivity index (χ3v) is 3.51. The van der Waals surface area contributed by atoms with Gasteiger partial charge in [-0.25, -0.2) is 0 Å². The Labute approximate surface area is 114 Å². The minimum Gasteiger partial charge on any atom is -0.366 e. The molecule has 0 aromatic carbocycles. The number of rotatable bonds is 4. The molecule has 1 fully saturated rings. The van der Waals surface area contributed by atoms with Gasteiger partial charge >= 0.3 is 0 Å². The summed E-state index contributed by atoms with van der Waals surface area (Å²) < 4.78 is 1.80. The van der Waals surface area contributed by atoms with E-state index >= 15 is 0 Å². The number of likely N-dealkylation sites (tertiary alicyclic amines) is 1. The molecule has 0 spiro atoms. The topological polar surface area (TPSA) is 53.4 Å². The fourth-order valence-electron chi connectivity index (χ4n) is 2.27. The summed E-state index contributed by atoms with van der Waals surface area (Å²) in [7, 11) is 5.52. The summed E-state index contributed by atoms with van der Waals surface area (Å²) in [6.07, 6.45) is 4.04. The normalized spacial score (nSPS) is 17.4. The van der Waals surface area contributed by atoms with E-state index < -0.39 is 0 Å². The van der Waals surface area contributed by atoms with Gasteiger partial charge in [-0.3, -0.25) is 14.4 Å². The zero-order chi connectivity index (χ0) is 13.8. The first-order chi connectivity index (χ1) is 9.04. The maximum atomic E-state index is 11.6. The highest BCUT2D eigenvalue weighted by molar-refractivity contribution is 5.77. The van der Waals surface area contributed by atoms with Gasteiger partial charge < -0.3 is 10.2 Å². The van der Waals surface area contributed by atoms with E-state index in [2.05, 4.69) is 15.3 Å². The van der Waals surface area contributed by atoms with Crippen LogP contribution in [-0.2, 0) is 11.8 Å². The lowest BCUT2D eigenvalue weighted by Gasteiger charge is -2.32. The molecule has 0 saturated carbocycles. The van der Waals surface area contributed by atoms with Crippen molar-refractivity contribution in [1.82, 2.24) is 19.6 Å². The summed E-state index contributed by atoms with van der Waals surface area (Å²) in [5.41, 5.74) is 0. The lowest BCUT2D eigenvalue weighted by molar-refractivity contribution is -0.130. The number of carbonyl (C=O) groups excluding carboxylic acids is 1. The van der Waals surface area contributed by atoms with Gasteiger partial charge in [0.15, 0.2) is 0 Å². The van der Waals surface area contributed by atoms with E-state index in [9.17, 15) is 4.79 Å². The first kappa shape index (κ1) is 13.9. The second-order valence-corrected chi connectivity index (χ2v) is 5.36. The van der Waals surface area contributed by atoms with Crippen molar-refractivity contribution >= 4 is 11.7 Å². The van der Waals surface area contributed by atoms with Gasteiger partial charge in [-0.15, -0.1) is 0 Å². The van der Waals surface area contributed by atoms with E-state index in [1.807, 2.05) is 19.3 Å². The summed E-state index contributed by atoms with van der Waals surface area (Å²) in [6.45, 7) is 2.46. The highest BCUT2D eigenvalue weighted by Gasteiger charge is 2.21. The first-order valence-electron chi connectivity index (χ1n) is 6.73. The fraction of sp³-hybridized carbons (Fsp3) is 0.692. The standard InChI is InChI=1S/C13H23N5O/c1-16(2)13(19)10-18-8-4-11(5-9-18)14-12-6-7-17(3)15-12/h6-7,11H,4-5,8-10H2,1-3H3,(H,14,15). The van der Waals surface area contributed by atoms with Gasteiger partial charge in [0.05, 0.1) is 6.54 Å². The predicted octanol–water partition coefficient (Wildman–Crippen LogP) is 0.385. The van der Waals surface area contributed by atoms with E-state index in [0.717, 1.165) is 31.7 Å². The van der Waals surface area contributed by atoms with Crippen LogP contribution in [0.3, 0.4) is 0 Å². The van der Waals surface area contributed by atoms with Gasteiger partial charge in [-0.1, -0.05) is 0 Å². The molecular weight excluding hydrogens is 242 g/mol. The summed E-state index contributed by atoms with van der Waals surface area (Å²) >= 11 is 0. The van der Waals surface area contributed by atoms with Gasteiger partial charge in [-0.05, 0) is 12.8 Å². The third kappa shape index (κ3) is 3.96. The zero-order valence-electron chi connectivity index (χ0n) is 12.0. The molecule has 1 saturated heterocycles. The minimum absolute atomic E-state index is 0.177. The Kier molecular flexibility index (Phi) is 4.42. The molecule has 0 atom stereocenters. The number of aryl methyl sites for hydroxylation is 1. The van der Waals surface area contributed by atoms with Crippen molar-refractivity contribution in [3.05, 3.63) is 12.3 Å². The van der Waals surface area contributed by atoms with Crippen LogP contribution in [0.2, 0.25) is 0 Å². The maximum Gasteiger partial charge on any atom is 0.236 e. The van der Waals surface area contributed by atoms with Crippen LogP contribution in [0.1, 0.15) is 12.8 Å². The minimum atomic E-state index is 0.177. The molecule has 1 aromatic rings. The van der Waals surface area contributed by atoms with Gasteiger partial charge in [0.25, 0.3) is 0 Å².